The third kappa shape index (κ3) is 19.4. The highest BCUT2D eigenvalue weighted by Gasteiger charge is 2.15. The second-order valence-corrected chi connectivity index (χ2v) is 8.68. The largest absolute Gasteiger partial charge is 0.462 e. The third-order valence-corrected chi connectivity index (χ3v) is 4.45. The number of esters is 2. The zero-order valence-electron chi connectivity index (χ0n) is 19.1. The van der Waals surface area contributed by atoms with Crippen molar-refractivity contribution >= 4 is 11.9 Å². The van der Waals surface area contributed by atoms with Crippen LogP contribution in [0.25, 0.3) is 0 Å². The van der Waals surface area contributed by atoms with Crippen molar-refractivity contribution in [2.45, 2.75) is 130 Å². The molecule has 0 aromatic heterocycles. The second-order valence-electron chi connectivity index (χ2n) is 8.68. The van der Waals surface area contributed by atoms with Crippen LogP contribution in [0.15, 0.2) is 12.2 Å². The van der Waals surface area contributed by atoms with Gasteiger partial charge in [-0.3, -0.25) is 9.59 Å². The fourth-order valence-corrected chi connectivity index (χ4v) is 3.08. The first-order chi connectivity index (χ1) is 13.2. The van der Waals surface area contributed by atoms with Gasteiger partial charge in [-0.1, -0.05) is 57.6 Å². The predicted molar refractivity (Wildman–Crippen MR) is 116 cm³/mol. The molecular formula is C24H44O4. The van der Waals surface area contributed by atoms with Gasteiger partial charge in [0, 0.05) is 19.8 Å². The molecule has 0 saturated heterocycles. The molecule has 0 aliphatic carbocycles. The van der Waals surface area contributed by atoms with Gasteiger partial charge in [-0.05, 0) is 52.9 Å². The molecule has 4 heteroatoms. The Morgan fingerprint density at radius 1 is 0.893 bits per heavy atom. The average molecular weight is 397 g/mol. The van der Waals surface area contributed by atoms with E-state index in [0.717, 1.165) is 51.4 Å². The Morgan fingerprint density at radius 3 is 2.18 bits per heavy atom. The van der Waals surface area contributed by atoms with Crippen LogP contribution in [0.1, 0.15) is 118 Å². The SMILES string of the molecule is CCCCCC[C@@H](C/C=C/CCCCCCCC(=O)OC(C)(C)C)OC(C)=O. The van der Waals surface area contributed by atoms with Crippen molar-refractivity contribution in [3.63, 3.8) is 0 Å². The number of carbonyl (C=O) groups excluding carboxylic acids is 2. The Hall–Kier alpha value is -1.32. The molecule has 0 rings (SSSR count). The van der Waals surface area contributed by atoms with Crippen LogP contribution in [-0.4, -0.2) is 23.6 Å². The summed E-state index contributed by atoms with van der Waals surface area (Å²) in [6.07, 6.45) is 18.1. The van der Waals surface area contributed by atoms with Crippen LogP contribution in [0.3, 0.4) is 0 Å². The van der Waals surface area contributed by atoms with Crippen molar-refractivity contribution in [3.8, 4) is 0 Å². The van der Waals surface area contributed by atoms with Crippen molar-refractivity contribution in [2.24, 2.45) is 0 Å². The average Bonchev–Trinajstić information content (AvgIpc) is 2.58. The molecule has 1 atom stereocenters. The minimum Gasteiger partial charge on any atom is -0.462 e. The van der Waals surface area contributed by atoms with Gasteiger partial charge in [-0.2, -0.15) is 0 Å². The lowest BCUT2D eigenvalue weighted by molar-refractivity contribution is -0.155. The number of unbranched alkanes of at least 4 members (excludes halogenated alkanes) is 8. The fraction of sp³-hybridized carbons (Fsp3) is 0.833. The normalized spacial score (nSPS) is 12.9. The van der Waals surface area contributed by atoms with E-state index in [-0.39, 0.29) is 23.6 Å². The van der Waals surface area contributed by atoms with Crippen LogP contribution in [0.2, 0.25) is 0 Å². The maximum atomic E-state index is 11.6. The number of hydrogen-bond donors (Lipinski definition) is 0. The third-order valence-electron chi connectivity index (χ3n) is 4.45. The molecule has 0 radical (unpaired) electrons. The smallest absolute Gasteiger partial charge is 0.306 e. The van der Waals surface area contributed by atoms with Gasteiger partial charge >= 0.3 is 11.9 Å². The lowest BCUT2D eigenvalue weighted by Crippen LogP contribution is -2.23. The van der Waals surface area contributed by atoms with Gasteiger partial charge in [0.15, 0.2) is 0 Å². The van der Waals surface area contributed by atoms with Crippen LogP contribution < -0.4 is 0 Å². The van der Waals surface area contributed by atoms with Gasteiger partial charge in [0.2, 0.25) is 0 Å². The van der Waals surface area contributed by atoms with Gasteiger partial charge in [-0.25, -0.2) is 0 Å². The summed E-state index contributed by atoms with van der Waals surface area (Å²) < 4.78 is 10.7. The van der Waals surface area contributed by atoms with E-state index in [9.17, 15) is 9.59 Å². The fourth-order valence-electron chi connectivity index (χ4n) is 3.08. The van der Waals surface area contributed by atoms with Gasteiger partial charge in [-0.15, -0.1) is 0 Å². The number of hydrogen-bond acceptors (Lipinski definition) is 4. The van der Waals surface area contributed by atoms with E-state index in [1.807, 2.05) is 20.8 Å². The lowest BCUT2D eigenvalue weighted by Gasteiger charge is -2.19. The molecule has 164 valence electrons. The molecule has 0 amide bonds. The number of ether oxygens (including phenoxy) is 2. The van der Waals surface area contributed by atoms with Crippen LogP contribution in [0.4, 0.5) is 0 Å². The van der Waals surface area contributed by atoms with Crippen molar-refractivity contribution in [1.29, 1.82) is 0 Å². The van der Waals surface area contributed by atoms with Crippen LogP contribution in [0, 0.1) is 0 Å². The van der Waals surface area contributed by atoms with Crippen molar-refractivity contribution in [3.05, 3.63) is 12.2 Å². The summed E-state index contributed by atoms with van der Waals surface area (Å²) >= 11 is 0. The van der Waals surface area contributed by atoms with Crippen LogP contribution in [0.5, 0.6) is 0 Å². The number of rotatable bonds is 16. The Kier molecular flexibility index (Phi) is 15.8. The first-order valence-electron chi connectivity index (χ1n) is 11.3. The molecule has 4 nitrogen and oxygen atoms in total. The number of allylic oxidation sites excluding steroid dienone is 1. The minimum atomic E-state index is -0.382. The first-order valence-corrected chi connectivity index (χ1v) is 11.3. The molecule has 0 aromatic rings. The van der Waals surface area contributed by atoms with E-state index in [4.69, 9.17) is 9.47 Å². The summed E-state index contributed by atoms with van der Waals surface area (Å²) in [5, 5.41) is 0. The molecule has 0 saturated carbocycles. The monoisotopic (exact) mass is 396 g/mol. The van der Waals surface area contributed by atoms with Gasteiger partial charge in [0.25, 0.3) is 0 Å². The Labute approximate surface area is 173 Å². The highest BCUT2D eigenvalue weighted by atomic mass is 16.6. The molecule has 0 aliphatic heterocycles. The van der Waals surface area contributed by atoms with Gasteiger partial charge < -0.3 is 9.47 Å². The molecule has 0 heterocycles. The highest BCUT2D eigenvalue weighted by Crippen LogP contribution is 2.14. The van der Waals surface area contributed by atoms with E-state index in [2.05, 4.69) is 19.1 Å². The molecule has 0 spiro atoms. The molecule has 28 heavy (non-hydrogen) atoms. The Bertz CT molecular complexity index is 434. The zero-order valence-corrected chi connectivity index (χ0v) is 19.1. The summed E-state index contributed by atoms with van der Waals surface area (Å²) in [5.41, 5.74) is -0.382. The summed E-state index contributed by atoms with van der Waals surface area (Å²) in [7, 11) is 0. The van der Waals surface area contributed by atoms with E-state index in [0.29, 0.717) is 6.42 Å². The maximum Gasteiger partial charge on any atom is 0.306 e. The van der Waals surface area contributed by atoms with Crippen molar-refractivity contribution in [1.82, 2.24) is 0 Å². The van der Waals surface area contributed by atoms with E-state index >= 15 is 0 Å². The van der Waals surface area contributed by atoms with Crippen molar-refractivity contribution in [2.75, 3.05) is 0 Å². The predicted octanol–water partition coefficient (Wildman–Crippen LogP) is 6.91. The molecular weight excluding hydrogens is 352 g/mol. The summed E-state index contributed by atoms with van der Waals surface area (Å²) in [6, 6.07) is 0. The minimum absolute atomic E-state index is 0.0264. The number of carbonyl (C=O) groups is 2. The first kappa shape index (κ1) is 26.7. The zero-order chi connectivity index (χ0) is 21.3. The van der Waals surface area contributed by atoms with E-state index in [1.54, 1.807) is 0 Å². The summed E-state index contributed by atoms with van der Waals surface area (Å²) in [6.45, 7) is 9.40. The molecule has 0 unspecified atom stereocenters. The Morgan fingerprint density at radius 2 is 1.54 bits per heavy atom. The van der Waals surface area contributed by atoms with Gasteiger partial charge in [0.1, 0.15) is 11.7 Å². The van der Waals surface area contributed by atoms with E-state index < -0.39 is 0 Å². The topological polar surface area (TPSA) is 52.6 Å². The Balaban J connectivity index is 3.72. The van der Waals surface area contributed by atoms with E-state index in [1.165, 1.54) is 32.6 Å². The standard InChI is InChI=1S/C24H44O4/c1-6-7-8-15-18-22(27-21(2)25)19-16-13-11-9-10-12-14-17-20-23(26)28-24(3,4)5/h13,16,22H,6-12,14-15,17-20H2,1-5H3/b16-13+/t22-/m0/s1. The summed E-state index contributed by atoms with van der Waals surface area (Å²) in [4.78, 5) is 22.9. The molecule has 0 aliphatic rings. The molecule has 0 bridgehead atoms. The lowest BCUT2D eigenvalue weighted by atomic mass is 10.1. The van der Waals surface area contributed by atoms with Crippen LogP contribution >= 0.6 is 0 Å². The second kappa shape index (κ2) is 16.6. The summed E-state index contributed by atoms with van der Waals surface area (Å²) in [5.74, 6) is -0.271. The molecule has 0 fully saturated rings. The highest BCUT2D eigenvalue weighted by molar-refractivity contribution is 5.69. The van der Waals surface area contributed by atoms with Gasteiger partial charge in [0.05, 0.1) is 0 Å². The van der Waals surface area contributed by atoms with Crippen LogP contribution in [-0.2, 0) is 19.1 Å². The van der Waals surface area contributed by atoms with Crippen molar-refractivity contribution < 1.29 is 19.1 Å². The molecule has 0 N–H and O–H groups in total. The molecule has 0 aromatic carbocycles. The quantitative estimate of drug-likeness (QED) is 0.162. The maximum absolute atomic E-state index is 11.6.